The molecule has 1 unspecified atom stereocenters. The molecule has 0 aromatic heterocycles. The van der Waals surface area contributed by atoms with Crippen LogP contribution in [0.25, 0.3) is 0 Å². The highest BCUT2D eigenvalue weighted by atomic mass is 16.3. The molecule has 1 aliphatic rings. The van der Waals surface area contributed by atoms with E-state index in [1.807, 2.05) is 0 Å². The monoisotopic (exact) mass is 128 g/mol. The van der Waals surface area contributed by atoms with E-state index in [-0.39, 0.29) is 6.10 Å². The molecular weight excluding hydrogens is 112 g/mol. The normalized spacial score (nSPS) is 45.0. The van der Waals surface area contributed by atoms with Gasteiger partial charge in [0.1, 0.15) is 0 Å². The Hall–Kier alpha value is -0.0400. The Labute approximate surface area is 57.1 Å². The van der Waals surface area contributed by atoms with Gasteiger partial charge >= 0.3 is 0 Å². The number of rotatable bonds is 0. The summed E-state index contributed by atoms with van der Waals surface area (Å²) in [5.74, 6) is 1.26. The third-order valence-electron chi connectivity index (χ3n) is 2.66. The SMILES string of the molecule is C[C@@H]1C(O)CCC[C@@H]1C. The Kier molecular flexibility index (Phi) is 2.12. The van der Waals surface area contributed by atoms with Crippen LogP contribution in [0.1, 0.15) is 33.1 Å². The second-order valence-corrected chi connectivity index (χ2v) is 3.33. The molecule has 1 N–H and O–H groups in total. The van der Waals surface area contributed by atoms with Gasteiger partial charge in [-0.05, 0) is 18.3 Å². The van der Waals surface area contributed by atoms with E-state index in [0.29, 0.717) is 5.92 Å². The predicted molar refractivity (Wildman–Crippen MR) is 38.2 cm³/mol. The summed E-state index contributed by atoms with van der Waals surface area (Å²) < 4.78 is 0. The molecule has 54 valence electrons. The van der Waals surface area contributed by atoms with E-state index in [4.69, 9.17) is 0 Å². The van der Waals surface area contributed by atoms with Gasteiger partial charge in [0.05, 0.1) is 6.10 Å². The van der Waals surface area contributed by atoms with Gasteiger partial charge in [-0.3, -0.25) is 0 Å². The number of aliphatic hydroxyl groups is 1. The van der Waals surface area contributed by atoms with Crippen LogP contribution in [-0.4, -0.2) is 11.2 Å². The van der Waals surface area contributed by atoms with Crippen LogP contribution in [0.15, 0.2) is 0 Å². The molecule has 0 amide bonds. The molecule has 1 nitrogen and oxygen atoms in total. The fourth-order valence-electron chi connectivity index (χ4n) is 1.55. The van der Waals surface area contributed by atoms with Gasteiger partial charge in [0.15, 0.2) is 0 Å². The van der Waals surface area contributed by atoms with E-state index in [1.54, 1.807) is 0 Å². The zero-order valence-electron chi connectivity index (χ0n) is 6.30. The van der Waals surface area contributed by atoms with Crippen molar-refractivity contribution in [1.82, 2.24) is 0 Å². The number of aliphatic hydroxyl groups excluding tert-OH is 1. The van der Waals surface area contributed by atoms with Crippen LogP contribution in [0, 0.1) is 11.8 Å². The van der Waals surface area contributed by atoms with Gasteiger partial charge in [-0.2, -0.15) is 0 Å². The maximum atomic E-state index is 9.35. The second kappa shape index (κ2) is 2.70. The van der Waals surface area contributed by atoms with Crippen LogP contribution in [0.4, 0.5) is 0 Å². The van der Waals surface area contributed by atoms with Crippen molar-refractivity contribution in [3.63, 3.8) is 0 Å². The van der Waals surface area contributed by atoms with Crippen LogP contribution in [0.5, 0.6) is 0 Å². The third kappa shape index (κ3) is 1.45. The van der Waals surface area contributed by atoms with Crippen LogP contribution < -0.4 is 0 Å². The zero-order valence-corrected chi connectivity index (χ0v) is 6.30. The fraction of sp³-hybridized carbons (Fsp3) is 1.00. The summed E-state index contributed by atoms with van der Waals surface area (Å²) in [4.78, 5) is 0. The Morgan fingerprint density at radius 3 is 2.33 bits per heavy atom. The lowest BCUT2D eigenvalue weighted by Crippen LogP contribution is -2.28. The third-order valence-corrected chi connectivity index (χ3v) is 2.66. The van der Waals surface area contributed by atoms with Gasteiger partial charge in [0.2, 0.25) is 0 Å². The Morgan fingerprint density at radius 2 is 1.89 bits per heavy atom. The molecule has 1 rings (SSSR count). The van der Waals surface area contributed by atoms with Crippen molar-refractivity contribution < 1.29 is 5.11 Å². The molecular formula is C8H16O. The Morgan fingerprint density at radius 1 is 1.22 bits per heavy atom. The smallest absolute Gasteiger partial charge is 0.0568 e. The topological polar surface area (TPSA) is 20.2 Å². The molecule has 3 atom stereocenters. The predicted octanol–water partition coefficient (Wildman–Crippen LogP) is 1.80. The molecule has 1 heteroatoms. The fourth-order valence-corrected chi connectivity index (χ4v) is 1.55. The van der Waals surface area contributed by atoms with Crippen molar-refractivity contribution in [3.8, 4) is 0 Å². The zero-order chi connectivity index (χ0) is 6.85. The van der Waals surface area contributed by atoms with Gasteiger partial charge in [0.25, 0.3) is 0 Å². The minimum atomic E-state index is -0.0197. The molecule has 0 saturated heterocycles. The standard InChI is InChI=1S/C8H16O/c1-6-4-3-5-8(9)7(6)2/h6-9H,3-5H2,1-2H3/t6-,7-,8?/m0/s1. The first-order valence-electron chi connectivity index (χ1n) is 3.90. The highest BCUT2D eigenvalue weighted by Gasteiger charge is 2.24. The van der Waals surface area contributed by atoms with Crippen molar-refractivity contribution in [2.24, 2.45) is 11.8 Å². The van der Waals surface area contributed by atoms with Crippen LogP contribution in [0.2, 0.25) is 0 Å². The maximum absolute atomic E-state index is 9.35. The first-order chi connectivity index (χ1) is 4.22. The Balaban J connectivity index is 2.41. The summed E-state index contributed by atoms with van der Waals surface area (Å²) in [7, 11) is 0. The van der Waals surface area contributed by atoms with Crippen LogP contribution >= 0.6 is 0 Å². The molecule has 0 bridgehead atoms. The average Bonchev–Trinajstić information content (AvgIpc) is 1.83. The first-order valence-corrected chi connectivity index (χ1v) is 3.90. The van der Waals surface area contributed by atoms with E-state index in [9.17, 15) is 5.11 Å². The molecule has 0 heterocycles. The summed E-state index contributed by atoms with van der Waals surface area (Å²) in [5.41, 5.74) is 0. The highest BCUT2D eigenvalue weighted by Crippen LogP contribution is 2.28. The average molecular weight is 128 g/mol. The van der Waals surface area contributed by atoms with Gasteiger partial charge in [-0.25, -0.2) is 0 Å². The van der Waals surface area contributed by atoms with Gasteiger partial charge in [-0.1, -0.05) is 26.7 Å². The van der Waals surface area contributed by atoms with E-state index in [0.717, 1.165) is 12.3 Å². The lowest BCUT2D eigenvalue weighted by molar-refractivity contribution is 0.0486. The maximum Gasteiger partial charge on any atom is 0.0568 e. The van der Waals surface area contributed by atoms with Crippen molar-refractivity contribution in [3.05, 3.63) is 0 Å². The molecule has 1 fully saturated rings. The van der Waals surface area contributed by atoms with Crippen molar-refractivity contribution in [1.29, 1.82) is 0 Å². The van der Waals surface area contributed by atoms with Crippen molar-refractivity contribution in [2.75, 3.05) is 0 Å². The summed E-state index contributed by atoms with van der Waals surface area (Å²) >= 11 is 0. The molecule has 1 saturated carbocycles. The summed E-state index contributed by atoms with van der Waals surface area (Å²) in [6.07, 6.45) is 3.52. The van der Waals surface area contributed by atoms with Gasteiger partial charge in [0, 0.05) is 0 Å². The molecule has 9 heavy (non-hydrogen) atoms. The van der Waals surface area contributed by atoms with Crippen LogP contribution in [-0.2, 0) is 0 Å². The molecule has 1 aliphatic carbocycles. The molecule has 0 aliphatic heterocycles. The summed E-state index contributed by atoms with van der Waals surface area (Å²) in [6, 6.07) is 0. The minimum absolute atomic E-state index is 0.0197. The first kappa shape index (κ1) is 7.07. The molecule has 0 spiro atoms. The lowest BCUT2D eigenvalue weighted by Gasteiger charge is -2.30. The quantitative estimate of drug-likeness (QED) is 0.527. The van der Waals surface area contributed by atoms with E-state index < -0.39 is 0 Å². The Bertz CT molecular complexity index is 80.6. The van der Waals surface area contributed by atoms with Gasteiger partial charge in [-0.15, -0.1) is 0 Å². The molecule has 0 aromatic carbocycles. The number of hydrogen-bond donors (Lipinski definition) is 1. The van der Waals surface area contributed by atoms with E-state index >= 15 is 0 Å². The van der Waals surface area contributed by atoms with Crippen molar-refractivity contribution in [2.45, 2.75) is 39.2 Å². The summed E-state index contributed by atoms with van der Waals surface area (Å²) in [6.45, 7) is 4.38. The molecule has 0 aromatic rings. The highest BCUT2D eigenvalue weighted by molar-refractivity contribution is 4.75. The van der Waals surface area contributed by atoms with E-state index in [1.165, 1.54) is 12.8 Å². The lowest BCUT2D eigenvalue weighted by atomic mass is 9.80. The largest absolute Gasteiger partial charge is 0.393 e. The minimum Gasteiger partial charge on any atom is -0.393 e. The second-order valence-electron chi connectivity index (χ2n) is 3.33. The van der Waals surface area contributed by atoms with Crippen molar-refractivity contribution >= 4 is 0 Å². The molecule has 0 radical (unpaired) electrons. The van der Waals surface area contributed by atoms with Crippen LogP contribution in [0.3, 0.4) is 0 Å². The van der Waals surface area contributed by atoms with Gasteiger partial charge < -0.3 is 5.11 Å². The van der Waals surface area contributed by atoms with E-state index in [2.05, 4.69) is 13.8 Å². The summed E-state index contributed by atoms with van der Waals surface area (Å²) in [5, 5.41) is 9.35. The number of hydrogen-bond acceptors (Lipinski definition) is 1.